The van der Waals surface area contributed by atoms with E-state index < -0.39 is 59.0 Å². The van der Waals surface area contributed by atoms with E-state index in [1.54, 1.807) is 84.9 Å². The van der Waals surface area contributed by atoms with Gasteiger partial charge in [0.25, 0.3) is 11.5 Å². The Morgan fingerprint density at radius 2 is 0.661 bits per heavy atom. The number of hydrogen-bond acceptors (Lipinski definition) is 7. The van der Waals surface area contributed by atoms with Gasteiger partial charge in [-0.15, -0.1) is 0 Å². The average Bonchev–Trinajstić information content (AvgIpc) is 3.26. The molecule has 0 saturated carbocycles. The van der Waals surface area contributed by atoms with Crippen LogP contribution in [0, 0.1) is 49.4 Å². The largest absolute Gasteiger partial charge is 0.683 e. The molecule has 0 heterocycles. The number of benzene rings is 8. The van der Waals surface area contributed by atoms with E-state index in [1.807, 2.05) is 0 Å². The van der Waals surface area contributed by atoms with Crippen molar-refractivity contribution in [1.82, 2.24) is 0 Å². The standard InChI is InChI=1S/C47H28BF3O7.Eu/c49-46(41(52)37-25-9-17-29-13-1-5-21-33(29)37,42(53)38-26-10-18-30-14-2-6-22-34(30)38)45(56)47(50,51)48(57-43(54)39-27-11-19-31-15-3-7-23-35(31)39)58-44(55)40-28-12-20-32-16-4-8-24-36(32)40;/h1-28H;. The van der Waals surface area contributed by atoms with Crippen molar-refractivity contribution in [3.05, 3.63) is 192 Å². The minimum Gasteiger partial charge on any atom is -0.491 e. The van der Waals surface area contributed by atoms with Crippen molar-refractivity contribution >= 4 is 79.5 Å². The van der Waals surface area contributed by atoms with E-state index in [2.05, 4.69) is 0 Å². The van der Waals surface area contributed by atoms with E-state index in [0.29, 0.717) is 21.5 Å². The Bertz CT molecular complexity index is 2780. The van der Waals surface area contributed by atoms with Gasteiger partial charge in [-0.25, -0.2) is 14.0 Å². The Labute approximate surface area is 375 Å². The molecule has 8 aromatic rings. The van der Waals surface area contributed by atoms with E-state index >= 15 is 13.2 Å². The van der Waals surface area contributed by atoms with Crippen molar-refractivity contribution in [3.8, 4) is 0 Å². The fourth-order valence-corrected chi connectivity index (χ4v) is 7.16. The van der Waals surface area contributed by atoms with Crippen LogP contribution < -0.4 is 0 Å². The molecule has 0 spiro atoms. The molecular formula is C47H28BEuF3O7. The molecule has 59 heavy (non-hydrogen) atoms. The van der Waals surface area contributed by atoms with Gasteiger partial charge in [-0.3, -0.25) is 14.4 Å². The number of ketones is 3. The van der Waals surface area contributed by atoms with Crippen molar-refractivity contribution < 1.29 is 95.8 Å². The number of Topliss-reactive ketones (excluding diaryl/α,β-unsaturated/α-hetero) is 3. The Hall–Kier alpha value is -5.81. The number of carbonyl (C=O) groups excluding carboxylic acids is 5. The van der Waals surface area contributed by atoms with E-state index in [-0.39, 0.29) is 82.0 Å². The van der Waals surface area contributed by atoms with Crippen LogP contribution in [0.3, 0.4) is 0 Å². The molecule has 0 saturated heterocycles. The molecule has 0 unspecified atom stereocenters. The summed E-state index contributed by atoms with van der Waals surface area (Å²) in [6, 6.07) is 41.9. The van der Waals surface area contributed by atoms with Crippen LogP contribution in [0.25, 0.3) is 43.1 Å². The van der Waals surface area contributed by atoms with Crippen molar-refractivity contribution in [2.24, 2.45) is 0 Å². The van der Waals surface area contributed by atoms with Crippen LogP contribution in [-0.4, -0.2) is 47.9 Å². The minimum atomic E-state index is -5.37. The zero-order valence-electron chi connectivity index (χ0n) is 30.6. The van der Waals surface area contributed by atoms with Crippen molar-refractivity contribution in [3.63, 3.8) is 0 Å². The smallest absolute Gasteiger partial charge is 0.491 e. The number of carbonyl (C=O) groups is 5. The van der Waals surface area contributed by atoms with E-state index in [9.17, 15) is 24.0 Å². The van der Waals surface area contributed by atoms with Crippen LogP contribution in [0.5, 0.6) is 0 Å². The summed E-state index contributed by atoms with van der Waals surface area (Å²) in [5, 5.41) is 2.49. The maximum absolute atomic E-state index is 18.2. The second-order valence-corrected chi connectivity index (χ2v) is 13.5. The third kappa shape index (κ3) is 7.52. The minimum absolute atomic E-state index is 0. The summed E-state index contributed by atoms with van der Waals surface area (Å²) < 4.78 is 63.2. The van der Waals surface area contributed by atoms with Gasteiger partial charge >= 0.3 is 24.9 Å². The Kier molecular flexibility index (Phi) is 11.8. The van der Waals surface area contributed by atoms with Crippen LogP contribution in [0.15, 0.2) is 170 Å². The van der Waals surface area contributed by atoms with Gasteiger partial charge in [0.2, 0.25) is 11.6 Å². The average molecular weight is 925 g/mol. The predicted octanol–water partition coefficient (Wildman–Crippen LogP) is 10.0. The summed E-state index contributed by atoms with van der Waals surface area (Å²) in [6.07, 6.45) is 0. The monoisotopic (exact) mass is 925 g/mol. The molecule has 0 N–H and O–H groups in total. The zero-order valence-corrected chi connectivity index (χ0v) is 33.0. The van der Waals surface area contributed by atoms with Crippen molar-refractivity contribution in [2.75, 3.05) is 0 Å². The first-order valence-corrected chi connectivity index (χ1v) is 18.0. The van der Waals surface area contributed by atoms with Gasteiger partial charge in [-0.05, 0) is 55.2 Å². The zero-order chi connectivity index (χ0) is 40.6. The Balaban J connectivity index is 0.00000528. The third-order valence-corrected chi connectivity index (χ3v) is 10.1. The second-order valence-electron chi connectivity index (χ2n) is 13.5. The summed E-state index contributed by atoms with van der Waals surface area (Å²) in [4.78, 5) is 71.3. The van der Waals surface area contributed by atoms with E-state index in [0.717, 1.165) is 12.1 Å². The van der Waals surface area contributed by atoms with Crippen LogP contribution in [0.1, 0.15) is 41.4 Å². The molecule has 0 fully saturated rings. The van der Waals surface area contributed by atoms with Gasteiger partial charge in [0.05, 0.1) is 11.1 Å². The number of alkyl halides is 3. The normalized spacial score (nSPS) is 11.5. The molecule has 8 rings (SSSR count). The maximum Gasteiger partial charge on any atom is 0.683 e. The molecule has 0 aliphatic heterocycles. The number of fused-ring (bicyclic) bond motifs is 4. The molecule has 289 valence electrons. The van der Waals surface area contributed by atoms with E-state index in [1.165, 1.54) is 72.8 Å². The van der Waals surface area contributed by atoms with Crippen molar-refractivity contribution in [1.29, 1.82) is 0 Å². The van der Waals surface area contributed by atoms with Crippen LogP contribution in [0.2, 0.25) is 0 Å². The van der Waals surface area contributed by atoms with Gasteiger partial charge < -0.3 is 9.31 Å². The molecule has 1 radical (unpaired) electrons. The summed E-state index contributed by atoms with van der Waals surface area (Å²) in [7, 11) is -3.48. The van der Waals surface area contributed by atoms with E-state index in [4.69, 9.17) is 9.31 Å². The van der Waals surface area contributed by atoms with Gasteiger partial charge in [-0.2, -0.15) is 8.78 Å². The fraction of sp³-hybridized carbons (Fsp3) is 0.0426. The molecule has 0 aliphatic rings. The first-order valence-electron chi connectivity index (χ1n) is 18.0. The molecule has 0 bridgehead atoms. The SMILES string of the molecule is O=C(OB(OC(=O)c1cccc2ccccc12)C(F)(F)C(=O)C(F)(C(=O)c1cccc2ccccc12)C(=O)c1cccc2ccccc12)c1cccc2ccccc12.[Eu]. The molecule has 8 aromatic carbocycles. The van der Waals surface area contributed by atoms with Gasteiger partial charge in [-0.1, -0.05) is 158 Å². The summed E-state index contributed by atoms with van der Waals surface area (Å²) in [6.45, 7) is 0. The topological polar surface area (TPSA) is 104 Å². The third-order valence-electron chi connectivity index (χ3n) is 10.1. The van der Waals surface area contributed by atoms with Crippen molar-refractivity contribution in [2.45, 2.75) is 11.5 Å². The number of hydrogen-bond donors (Lipinski definition) is 0. The maximum atomic E-state index is 18.2. The predicted molar refractivity (Wildman–Crippen MR) is 215 cm³/mol. The molecule has 0 atom stereocenters. The molecular weight excluding hydrogens is 896 g/mol. The van der Waals surface area contributed by atoms with Gasteiger partial charge in [0.1, 0.15) is 0 Å². The molecule has 7 nitrogen and oxygen atoms in total. The first-order chi connectivity index (χ1) is 28.0. The van der Waals surface area contributed by atoms with Crippen LogP contribution in [-0.2, 0) is 14.1 Å². The molecule has 12 heteroatoms. The molecule has 0 aliphatic carbocycles. The van der Waals surface area contributed by atoms with Gasteiger partial charge in [0, 0.05) is 60.5 Å². The summed E-state index contributed by atoms with van der Waals surface area (Å²) in [5.41, 5.74) is -6.26. The second kappa shape index (κ2) is 16.8. The molecule has 0 amide bonds. The molecule has 0 aromatic heterocycles. The Morgan fingerprint density at radius 1 is 0.390 bits per heavy atom. The summed E-state index contributed by atoms with van der Waals surface area (Å²) in [5.74, 6) is -15.0. The van der Waals surface area contributed by atoms with Gasteiger partial charge in [0.15, 0.2) is 0 Å². The summed E-state index contributed by atoms with van der Waals surface area (Å²) >= 11 is 0. The van der Waals surface area contributed by atoms with Crippen LogP contribution >= 0.6 is 0 Å². The first kappa shape index (κ1) is 41.4. The Morgan fingerprint density at radius 3 is 1.00 bits per heavy atom. The van der Waals surface area contributed by atoms with Crippen LogP contribution in [0.4, 0.5) is 13.2 Å². The fourth-order valence-electron chi connectivity index (χ4n) is 7.16. The number of rotatable bonds is 11. The number of halogens is 3. The quantitative estimate of drug-likeness (QED) is 0.0723.